The Morgan fingerprint density at radius 3 is 2.54 bits per heavy atom. The van der Waals surface area contributed by atoms with Crippen molar-refractivity contribution in [2.24, 2.45) is 11.8 Å². The summed E-state index contributed by atoms with van der Waals surface area (Å²) in [6, 6.07) is 0. The van der Waals surface area contributed by atoms with Gasteiger partial charge in [0.05, 0.1) is 6.10 Å². The van der Waals surface area contributed by atoms with Crippen molar-refractivity contribution in [3.8, 4) is 0 Å². The van der Waals surface area contributed by atoms with Crippen LogP contribution in [-0.4, -0.2) is 35.1 Å². The van der Waals surface area contributed by atoms with Crippen molar-refractivity contribution in [1.29, 1.82) is 0 Å². The van der Waals surface area contributed by atoms with Crippen molar-refractivity contribution in [1.82, 2.24) is 4.90 Å². The molecule has 3 nitrogen and oxygen atoms in total. The Labute approximate surface area is 79.7 Å². The highest BCUT2D eigenvalue weighted by molar-refractivity contribution is 5.78. The first-order chi connectivity index (χ1) is 6.00. The highest BCUT2D eigenvalue weighted by Crippen LogP contribution is 2.17. The minimum absolute atomic E-state index is 0.0394. The van der Waals surface area contributed by atoms with Crippen LogP contribution in [0.4, 0.5) is 0 Å². The maximum atomic E-state index is 11.6. The van der Waals surface area contributed by atoms with Crippen molar-refractivity contribution < 1.29 is 9.90 Å². The highest BCUT2D eigenvalue weighted by atomic mass is 16.3. The van der Waals surface area contributed by atoms with E-state index in [4.69, 9.17) is 0 Å². The lowest BCUT2D eigenvalue weighted by Crippen LogP contribution is -2.47. The van der Waals surface area contributed by atoms with Crippen LogP contribution in [0.1, 0.15) is 27.2 Å². The first kappa shape index (κ1) is 10.5. The number of carbonyl (C=O) groups is 1. The third-order valence-corrected chi connectivity index (χ3v) is 2.44. The summed E-state index contributed by atoms with van der Waals surface area (Å²) in [7, 11) is 0. The van der Waals surface area contributed by atoms with Gasteiger partial charge in [-0.15, -0.1) is 0 Å². The van der Waals surface area contributed by atoms with Crippen molar-refractivity contribution in [2.75, 3.05) is 13.1 Å². The van der Waals surface area contributed by atoms with Crippen molar-refractivity contribution in [3.05, 3.63) is 0 Å². The van der Waals surface area contributed by atoms with Crippen LogP contribution >= 0.6 is 0 Å². The standard InChI is InChI=1S/C10H19NO2/c1-7(2)10(13)11-5-8(3)4-9(12)6-11/h7-9,12H,4-6H2,1-3H3/t8-,9+/m1/s1. The number of hydrogen-bond acceptors (Lipinski definition) is 2. The summed E-state index contributed by atoms with van der Waals surface area (Å²) in [5.41, 5.74) is 0. The van der Waals surface area contributed by atoms with E-state index in [1.165, 1.54) is 0 Å². The van der Waals surface area contributed by atoms with Gasteiger partial charge in [-0.2, -0.15) is 0 Å². The summed E-state index contributed by atoms with van der Waals surface area (Å²) >= 11 is 0. The van der Waals surface area contributed by atoms with E-state index in [0.717, 1.165) is 13.0 Å². The fourth-order valence-electron chi connectivity index (χ4n) is 1.86. The number of carbonyl (C=O) groups excluding carboxylic acids is 1. The van der Waals surface area contributed by atoms with Gasteiger partial charge >= 0.3 is 0 Å². The maximum Gasteiger partial charge on any atom is 0.225 e. The topological polar surface area (TPSA) is 40.5 Å². The molecule has 0 aromatic rings. The smallest absolute Gasteiger partial charge is 0.225 e. The predicted molar refractivity (Wildman–Crippen MR) is 51.2 cm³/mol. The molecule has 0 aliphatic carbocycles. The molecule has 1 aliphatic rings. The number of amides is 1. The molecule has 76 valence electrons. The number of β-amino-alcohol motifs (C(OH)–C–C–N with tert-alkyl or cyclic N) is 1. The van der Waals surface area contributed by atoms with Gasteiger partial charge in [0.15, 0.2) is 0 Å². The summed E-state index contributed by atoms with van der Waals surface area (Å²) < 4.78 is 0. The summed E-state index contributed by atoms with van der Waals surface area (Å²) in [5, 5.41) is 9.49. The normalized spacial score (nSPS) is 29.5. The second kappa shape index (κ2) is 4.09. The number of rotatable bonds is 1. The lowest BCUT2D eigenvalue weighted by atomic mass is 9.97. The molecule has 0 bridgehead atoms. The van der Waals surface area contributed by atoms with E-state index in [9.17, 15) is 9.90 Å². The molecule has 0 saturated carbocycles. The van der Waals surface area contributed by atoms with E-state index in [2.05, 4.69) is 6.92 Å². The van der Waals surface area contributed by atoms with Crippen molar-refractivity contribution >= 4 is 5.91 Å². The molecule has 0 radical (unpaired) electrons. The zero-order valence-electron chi connectivity index (χ0n) is 8.66. The lowest BCUT2D eigenvalue weighted by molar-refractivity contribution is -0.138. The third-order valence-electron chi connectivity index (χ3n) is 2.44. The molecule has 3 heteroatoms. The lowest BCUT2D eigenvalue weighted by Gasteiger charge is -2.35. The maximum absolute atomic E-state index is 11.6. The van der Waals surface area contributed by atoms with Gasteiger partial charge in [-0.25, -0.2) is 0 Å². The molecule has 0 aromatic heterocycles. The number of aliphatic hydroxyl groups excluding tert-OH is 1. The predicted octanol–water partition coefficient (Wildman–Crippen LogP) is 0.872. The largest absolute Gasteiger partial charge is 0.391 e. The van der Waals surface area contributed by atoms with E-state index >= 15 is 0 Å². The Morgan fingerprint density at radius 2 is 2.08 bits per heavy atom. The number of likely N-dealkylation sites (tertiary alicyclic amines) is 1. The fourth-order valence-corrected chi connectivity index (χ4v) is 1.86. The molecule has 1 rings (SSSR count). The van der Waals surface area contributed by atoms with E-state index in [1.54, 1.807) is 4.90 Å². The van der Waals surface area contributed by atoms with E-state index in [-0.39, 0.29) is 17.9 Å². The van der Waals surface area contributed by atoms with Crippen LogP contribution in [0.5, 0.6) is 0 Å². The molecule has 2 atom stereocenters. The Balaban J connectivity index is 2.55. The first-order valence-electron chi connectivity index (χ1n) is 4.97. The number of nitrogens with zero attached hydrogens (tertiary/aromatic N) is 1. The summed E-state index contributed by atoms with van der Waals surface area (Å²) in [6.07, 6.45) is 0.494. The van der Waals surface area contributed by atoms with Gasteiger partial charge < -0.3 is 10.0 Å². The van der Waals surface area contributed by atoms with Gasteiger partial charge in [-0.1, -0.05) is 20.8 Å². The van der Waals surface area contributed by atoms with E-state index in [0.29, 0.717) is 12.5 Å². The van der Waals surface area contributed by atoms with Crippen molar-refractivity contribution in [3.63, 3.8) is 0 Å². The molecule has 1 amide bonds. The molecule has 1 fully saturated rings. The first-order valence-corrected chi connectivity index (χ1v) is 4.97. The summed E-state index contributed by atoms with van der Waals surface area (Å²) in [6.45, 7) is 7.18. The molecule has 13 heavy (non-hydrogen) atoms. The molecule has 0 spiro atoms. The monoisotopic (exact) mass is 185 g/mol. The molecule has 0 unspecified atom stereocenters. The Bertz CT molecular complexity index is 181. The van der Waals surface area contributed by atoms with Gasteiger partial charge in [0, 0.05) is 19.0 Å². The van der Waals surface area contributed by atoms with Crippen LogP contribution in [0.2, 0.25) is 0 Å². The van der Waals surface area contributed by atoms with Gasteiger partial charge in [0.1, 0.15) is 0 Å². The molecular formula is C10H19NO2. The zero-order valence-corrected chi connectivity index (χ0v) is 8.66. The Morgan fingerprint density at radius 1 is 1.46 bits per heavy atom. The van der Waals surface area contributed by atoms with Crippen LogP contribution in [0.3, 0.4) is 0 Å². The Kier molecular flexibility index (Phi) is 3.31. The SMILES string of the molecule is CC(C)C(=O)N1C[C@H](C)C[C@H](O)C1. The minimum atomic E-state index is -0.327. The van der Waals surface area contributed by atoms with Gasteiger partial charge in [-0.05, 0) is 12.3 Å². The summed E-state index contributed by atoms with van der Waals surface area (Å²) in [4.78, 5) is 13.4. The zero-order chi connectivity index (χ0) is 10.0. The van der Waals surface area contributed by atoms with E-state index in [1.807, 2.05) is 13.8 Å². The molecule has 1 saturated heterocycles. The van der Waals surface area contributed by atoms with Crippen LogP contribution in [0, 0.1) is 11.8 Å². The van der Waals surface area contributed by atoms with Crippen molar-refractivity contribution in [2.45, 2.75) is 33.3 Å². The average Bonchev–Trinajstić information content (AvgIpc) is 2.01. The quantitative estimate of drug-likeness (QED) is 0.658. The second-order valence-electron chi connectivity index (χ2n) is 4.39. The molecule has 1 N–H and O–H groups in total. The van der Waals surface area contributed by atoms with E-state index < -0.39 is 0 Å². The van der Waals surface area contributed by atoms with Crippen LogP contribution < -0.4 is 0 Å². The average molecular weight is 185 g/mol. The molecule has 1 aliphatic heterocycles. The minimum Gasteiger partial charge on any atom is -0.391 e. The van der Waals surface area contributed by atoms with Crippen LogP contribution in [0.25, 0.3) is 0 Å². The number of hydrogen-bond donors (Lipinski definition) is 1. The van der Waals surface area contributed by atoms with Gasteiger partial charge in [-0.3, -0.25) is 4.79 Å². The second-order valence-corrected chi connectivity index (χ2v) is 4.39. The third kappa shape index (κ3) is 2.69. The highest BCUT2D eigenvalue weighted by Gasteiger charge is 2.27. The number of aliphatic hydroxyl groups is 1. The van der Waals surface area contributed by atoms with Gasteiger partial charge in [0.25, 0.3) is 0 Å². The molecule has 1 heterocycles. The van der Waals surface area contributed by atoms with Crippen LogP contribution in [0.15, 0.2) is 0 Å². The molecule has 0 aromatic carbocycles. The van der Waals surface area contributed by atoms with Crippen LogP contribution in [-0.2, 0) is 4.79 Å². The number of piperidine rings is 1. The fraction of sp³-hybridized carbons (Fsp3) is 0.900. The van der Waals surface area contributed by atoms with Gasteiger partial charge in [0.2, 0.25) is 5.91 Å². The summed E-state index contributed by atoms with van der Waals surface area (Å²) in [5.74, 6) is 0.620. The Hall–Kier alpha value is -0.570. The molecular weight excluding hydrogens is 166 g/mol.